The van der Waals surface area contributed by atoms with Gasteiger partial charge in [0.25, 0.3) is 5.91 Å². The third-order valence-corrected chi connectivity index (χ3v) is 6.69. The average molecular weight is 499 g/mol. The van der Waals surface area contributed by atoms with Crippen LogP contribution < -0.4 is 19.2 Å². The first kappa shape index (κ1) is 25.8. The van der Waals surface area contributed by atoms with Gasteiger partial charge < -0.3 is 14.0 Å². The van der Waals surface area contributed by atoms with Crippen molar-refractivity contribution in [1.82, 2.24) is 9.99 Å². The van der Waals surface area contributed by atoms with Crippen molar-refractivity contribution in [1.29, 1.82) is 0 Å². The predicted molar refractivity (Wildman–Crippen MR) is 137 cm³/mol. The van der Waals surface area contributed by atoms with Crippen LogP contribution >= 0.6 is 0 Å². The standard InChI is InChI=1S/C25H30N4O5S/c1-17-9-7-8-10-22(17)29-18(2)13-20(19(29)3)15-26-27-25(30)16-28(35(6,31)32)23-12-11-21(33-4)14-24(23)34-5/h7-15H,16H2,1-6H3,(H,27,30)/b26-15-. The van der Waals surface area contributed by atoms with Gasteiger partial charge in [0, 0.05) is 28.7 Å². The number of para-hydroxylation sites is 1. The fraction of sp³-hybridized carbons (Fsp3) is 0.280. The van der Waals surface area contributed by atoms with Gasteiger partial charge in [0.15, 0.2) is 0 Å². The summed E-state index contributed by atoms with van der Waals surface area (Å²) in [5.74, 6) is 0.156. The van der Waals surface area contributed by atoms with Crippen LogP contribution in [0.25, 0.3) is 5.69 Å². The summed E-state index contributed by atoms with van der Waals surface area (Å²) in [6, 6.07) is 14.7. The van der Waals surface area contributed by atoms with E-state index in [9.17, 15) is 13.2 Å². The first-order valence-corrected chi connectivity index (χ1v) is 12.7. The lowest BCUT2D eigenvalue weighted by Gasteiger charge is -2.23. The predicted octanol–water partition coefficient (Wildman–Crippen LogP) is 3.34. The summed E-state index contributed by atoms with van der Waals surface area (Å²) in [5, 5.41) is 4.06. The molecule has 3 rings (SSSR count). The molecule has 2 aromatic carbocycles. The molecule has 0 fully saturated rings. The van der Waals surface area contributed by atoms with Gasteiger partial charge in [-0.2, -0.15) is 5.10 Å². The molecular formula is C25H30N4O5S. The highest BCUT2D eigenvalue weighted by atomic mass is 32.2. The normalized spacial score (nSPS) is 11.5. The number of hydrogen-bond donors (Lipinski definition) is 1. The molecule has 0 radical (unpaired) electrons. The van der Waals surface area contributed by atoms with Crippen LogP contribution in [0.1, 0.15) is 22.5 Å². The monoisotopic (exact) mass is 498 g/mol. The van der Waals surface area contributed by atoms with Crippen LogP contribution in [0.3, 0.4) is 0 Å². The molecule has 0 atom stereocenters. The Morgan fingerprint density at radius 3 is 2.43 bits per heavy atom. The van der Waals surface area contributed by atoms with Crippen molar-refractivity contribution >= 4 is 27.8 Å². The summed E-state index contributed by atoms with van der Waals surface area (Å²) in [6.45, 7) is 5.56. The highest BCUT2D eigenvalue weighted by molar-refractivity contribution is 7.92. The Labute approximate surface area is 206 Å². The molecule has 1 aromatic heterocycles. The number of benzene rings is 2. The van der Waals surface area contributed by atoms with Crippen LogP contribution in [0.4, 0.5) is 5.69 Å². The Morgan fingerprint density at radius 1 is 1.09 bits per heavy atom. The third kappa shape index (κ3) is 5.83. The van der Waals surface area contributed by atoms with Gasteiger partial charge in [-0.05, 0) is 50.6 Å². The smallest absolute Gasteiger partial charge is 0.260 e. The number of rotatable bonds is 9. The molecule has 1 amide bonds. The van der Waals surface area contributed by atoms with Crippen molar-refractivity contribution in [3.63, 3.8) is 0 Å². The summed E-state index contributed by atoms with van der Waals surface area (Å²) in [4.78, 5) is 12.6. The lowest BCUT2D eigenvalue weighted by atomic mass is 10.2. The van der Waals surface area contributed by atoms with E-state index in [2.05, 4.69) is 15.1 Å². The van der Waals surface area contributed by atoms with E-state index in [1.165, 1.54) is 20.3 Å². The molecule has 0 bridgehead atoms. The number of amides is 1. The van der Waals surface area contributed by atoms with Crippen LogP contribution in [0.15, 0.2) is 53.6 Å². The van der Waals surface area contributed by atoms with E-state index in [0.29, 0.717) is 5.75 Å². The summed E-state index contributed by atoms with van der Waals surface area (Å²) in [5.41, 5.74) is 7.68. The van der Waals surface area contributed by atoms with Crippen molar-refractivity contribution < 1.29 is 22.7 Å². The Morgan fingerprint density at radius 2 is 1.80 bits per heavy atom. The Hall–Kier alpha value is -3.79. The van der Waals surface area contributed by atoms with Gasteiger partial charge in [-0.25, -0.2) is 13.8 Å². The first-order chi connectivity index (χ1) is 16.6. The van der Waals surface area contributed by atoms with Crippen LogP contribution in [-0.2, 0) is 14.8 Å². The number of aryl methyl sites for hydroxylation is 2. The van der Waals surface area contributed by atoms with Crippen LogP contribution in [-0.4, -0.2) is 52.1 Å². The zero-order chi connectivity index (χ0) is 25.8. The molecule has 3 aromatic rings. The van der Waals surface area contributed by atoms with Gasteiger partial charge in [-0.3, -0.25) is 9.10 Å². The lowest BCUT2D eigenvalue weighted by Crippen LogP contribution is -2.39. The van der Waals surface area contributed by atoms with Crippen LogP contribution in [0.2, 0.25) is 0 Å². The van der Waals surface area contributed by atoms with Crippen molar-refractivity contribution in [2.75, 3.05) is 31.3 Å². The molecule has 35 heavy (non-hydrogen) atoms. The molecule has 0 aliphatic heterocycles. The van der Waals surface area contributed by atoms with Gasteiger partial charge in [-0.1, -0.05) is 18.2 Å². The third-order valence-electron chi connectivity index (χ3n) is 5.56. The Bertz CT molecular complexity index is 1360. The minimum absolute atomic E-state index is 0.219. The van der Waals surface area contributed by atoms with E-state index in [-0.39, 0.29) is 11.4 Å². The maximum absolute atomic E-state index is 12.6. The molecule has 10 heteroatoms. The van der Waals surface area contributed by atoms with Gasteiger partial charge in [0.05, 0.1) is 32.4 Å². The van der Waals surface area contributed by atoms with E-state index < -0.39 is 22.5 Å². The number of hydrogen-bond acceptors (Lipinski definition) is 6. The number of anilines is 1. The second-order valence-electron chi connectivity index (χ2n) is 8.05. The molecule has 9 nitrogen and oxygen atoms in total. The summed E-state index contributed by atoms with van der Waals surface area (Å²) in [7, 11) is -0.884. The zero-order valence-corrected chi connectivity index (χ0v) is 21.5. The molecule has 0 aliphatic rings. The van der Waals surface area contributed by atoms with Gasteiger partial charge in [-0.15, -0.1) is 0 Å². The first-order valence-electron chi connectivity index (χ1n) is 10.8. The van der Waals surface area contributed by atoms with Crippen molar-refractivity contribution in [3.8, 4) is 17.2 Å². The average Bonchev–Trinajstić information content (AvgIpc) is 3.09. The molecule has 0 spiro atoms. The van der Waals surface area contributed by atoms with Gasteiger partial charge >= 0.3 is 0 Å². The Balaban J connectivity index is 1.79. The zero-order valence-electron chi connectivity index (χ0n) is 20.7. The Kier molecular flexibility index (Phi) is 7.85. The van der Waals surface area contributed by atoms with Gasteiger partial charge in [0.2, 0.25) is 10.0 Å². The topological polar surface area (TPSA) is 102 Å². The fourth-order valence-electron chi connectivity index (χ4n) is 3.81. The van der Waals surface area contributed by atoms with E-state index in [1.54, 1.807) is 18.3 Å². The molecular weight excluding hydrogens is 468 g/mol. The molecule has 0 saturated carbocycles. The second-order valence-corrected chi connectivity index (χ2v) is 9.96. The number of ether oxygens (including phenoxy) is 2. The number of carbonyl (C=O) groups is 1. The SMILES string of the molecule is COc1ccc(N(CC(=O)N/N=C\c2cc(C)n(-c3ccccc3C)c2C)S(C)(=O)=O)c(OC)c1. The van der Waals surface area contributed by atoms with E-state index in [4.69, 9.17) is 9.47 Å². The van der Waals surface area contributed by atoms with Crippen LogP contribution in [0.5, 0.6) is 11.5 Å². The molecule has 0 unspecified atom stereocenters. The lowest BCUT2D eigenvalue weighted by molar-refractivity contribution is -0.119. The van der Waals surface area contributed by atoms with Gasteiger partial charge in [0.1, 0.15) is 18.0 Å². The fourth-order valence-corrected chi connectivity index (χ4v) is 4.67. The summed E-state index contributed by atoms with van der Waals surface area (Å²) < 4.78 is 38.4. The highest BCUT2D eigenvalue weighted by Crippen LogP contribution is 2.33. The van der Waals surface area contributed by atoms with Crippen LogP contribution in [0, 0.1) is 20.8 Å². The summed E-state index contributed by atoms with van der Waals surface area (Å²) >= 11 is 0. The number of methoxy groups -OCH3 is 2. The second kappa shape index (κ2) is 10.6. The number of carbonyl (C=O) groups excluding carboxylic acids is 1. The van der Waals surface area contributed by atoms with E-state index in [1.807, 2.05) is 51.1 Å². The molecule has 1 N–H and O–H groups in total. The number of nitrogens with zero attached hydrogens (tertiary/aromatic N) is 3. The minimum atomic E-state index is -3.79. The number of sulfonamides is 1. The largest absolute Gasteiger partial charge is 0.497 e. The van der Waals surface area contributed by atoms with Crippen molar-refractivity contribution in [2.45, 2.75) is 20.8 Å². The molecule has 0 saturated heterocycles. The van der Waals surface area contributed by atoms with Crippen molar-refractivity contribution in [2.24, 2.45) is 5.10 Å². The van der Waals surface area contributed by atoms with E-state index in [0.717, 1.165) is 38.8 Å². The molecule has 0 aliphatic carbocycles. The number of hydrazone groups is 1. The molecule has 186 valence electrons. The molecule has 1 heterocycles. The quantitative estimate of drug-likeness (QED) is 0.360. The highest BCUT2D eigenvalue weighted by Gasteiger charge is 2.24. The maximum atomic E-state index is 12.6. The number of aromatic nitrogens is 1. The minimum Gasteiger partial charge on any atom is -0.497 e. The number of nitrogens with one attached hydrogen (secondary N) is 1. The summed E-state index contributed by atoms with van der Waals surface area (Å²) in [6.07, 6.45) is 2.57. The van der Waals surface area contributed by atoms with E-state index >= 15 is 0 Å². The van der Waals surface area contributed by atoms with Crippen molar-refractivity contribution in [3.05, 3.63) is 71.0 Å². The maximum Gasteiger partial charge on any atom is 0.260 e.